The number of carbonyl (C=O) groups excluding carboxylic acids is 1. The lowest BCUT2D eigenvalue weighted by atomic mass is 10.1. The number of aryl methyl sites for hydroxylation is 2. The second-order valence-electron chi connectivity index (χ2n) is 4.52. The number of hydrogen-bond acceptors (Lipinski definition) is 5. The van der Waals surface area contributed by atoms with Crippen molar-refractivity contribution in [1.82, 2.24) is 0 Å². The summed E-state index contributed by atoms with van der Waals surface area (Å²) in [6.45, 7) is 6.06. The fourth-order valence-electron chi connectivity index (χ4n) is 1.81. The first-order valence-electron chi connectivity index (χ1n) is 6.41. The summed E-state index contributed by atoms with van der Waals surface area (Å²) in [7, 11) is 0. The van der Waals surface area contributed by atoms with Crippen molar-refractivity contribution in [2.75, 3.05) is 12.4 Å². The molecule has 4 nitrogen and oxygen atoms in total. The summed E-state index contributed by atoms with van der Waals surface area (Å²) in [5.74, 6) is -0.119. The highest BCUT2D eigenvalue weighted by molar-refractivity contribution is 8.15. The van der Waals surface area contributed by atoms with Crippen LogP contribution >= 0.6 is 11.8 Å². The molecule has 0 aliphatic carbocycles. The van der Waals surface area contributed by atoms with E-state index in [9.17, 15) is 9.90 Å². The fourth-order valence-corrected chi connectivity index (χ4v) is 2.75. The van der Waals surface area contributed by atoms with Gasteiger partial charge in [0.1, 0.15) is 16.4 Å². The van der Waals surface area contributed by atoms with Gasteiger partial charge in [0.05, 0.1) is 18.0 Å². The molecule has 1 heterocycles. The van der Waals surface area contributed by atoms with Crippen LogP contribution < -0.4 is 0 Å². The second kappa shape index (κ2) is 6.13. The highest BCUT2D eigenvalue weighted by Crippen LogP contribution is 2.30. The molecule has 0 spiro atoms. The van der Waals surface area contributed by atoms with E-state index in [2.05, 4.69) is 4.99 Å². The van der Waals surface area contributed by atoms with Crippen LogP contribution in [0.15, 0.2) is 34.5 Å². The first-order valence-corrected chi connectivity index (χ1v) is 7.39. The fraction of sp³-hybridized carbons (Fsp3) is 0.333. The number of aliphatic imine (C=N–C) groups is 1. The van der Waals surface area contributed by atoms with Gasteiger partial charge in [-0.15, -0.1) is 0 Å². The van der Waals surface area contributed by atoms with Gasteiger partial charge in [-0.2, -0.15) is 0 Å². The summed E-state index contributed by atoms with van der Waals surface area (Å²) in [5.41, 5.74) is 3.29. The summed E-state index contributed by atoms with van der Waals surface area (Å²) >= 11 is 1.34. The molecular weight excluding hydrogens is 274 g/mol. The zero-order valence-electron chi connectivity index (χ0n) is 11.8. The van der Waals surface area contributed by atoms with Gasteiger partial charge in [0.15, 0.2) is 0 Å². The van der Waals surface area contributed by atoms with Crippen molar-refractivity contribution in [3.8, 4) is 0 Å². The van der Waals surface area contributed by atoms with E-state index in [1.807, 2.05) is 32.0 Å². The Bertz CT molecular complexity index is 605. The molecule has 2 rings (SSSR count). The lowest BCUT2D eigenvalue weighted by Crippen LogP contribution is -2.12. The third kappa shape index (κ3) is 3.04. The van der Waals surface area contributed by atoms with Gasteiger partial charge in [-0.1, -0.05) is 17.8 Å². The third-order valence-electron chi connectivity index (χ3n) is 3.05. The molecule has 1 aliphatic rings. The number of aliphatic hydroxyl groups is 1. The minimum atomic E-state index is -0.516. The zero-order chi connectivity index (χ0) is 14.7. The van der Waals surface area contributed by atoms with Gasteiger partial charge >= 0.3 is 5.97 Å². The maximum Gasteiger partial charge on any atom is 0.344 e. The van der Waals surface area contributed by atoms with E-state index in [1.165, 1.54) is 17.3 Å². The first kappa shape index (κ1) is 14.7. The van der Waals surface area contributed by atoms with Gasteiger partial charge in [-0.05, 0) is 44.0 Å². The van der Waals surface area contributed by atoms with E-state index in [0.717, 1.165) is 11.3 Å². The number of hydrogen-bond donors (Lipinski definition) is 1. The van der Waals surface area contributed by atoms with Crippen molar-refractivity contribution in [3.05, 3.63) is 40.7 Å². The lowest BCUT2D eigenvalue weighted by Gasteiger charge is -2.05. The van der Waals surface area contributed by atoms with E-state index in [1.54, 1.807) is 6.92 Å². The Morgan fingerprint density at radius 2 is 2.15 bits per heavy atom. The monoisotopic (exact) mass is 291 g/mol. The summed E-state index contributed by atoms with van der Waals surface area (Å²) < 4.78 is 4.96. The third-order valence-corrected chi connectivity index (χ3v) is 4.04. The molecule has 1 N–H and O–H groups in total. The summed E-state index contributed by atoms with van der Waals surface area (Å²) in [6.07, 6.45) is 0. The largest absolute Gasteiger partial charge is 0.510 e. The molecule has 0 aromatic heterocycles. The Hall–Kier alpha value is -1.75. The number of carbonyl (C=O) groups is 1. The van der Waals surface area contributed by atoms with Crippen LogP contribution in [0.3, 0.4) is 0 Å². The van der Waals surface area contributed by atoms with Crippen molar-refractivity contribution in [3.63, 3.8) is 0 Å². The van der Waals surface area contributed by atoms with Gasteiger partial charge in [-0.25, -0.2) is 9.79 Å². The molecule has 20 heavy (non-hydrogen) atoms. The Morgan fingerprint density at radius 1 is 1.40 bits per heavy atom. The van der Waals surface area contributed by atoms with E-state index < -0.39 is 5.97 Å². The maximum absolute atomic E-state index is 11.8. The molecule has 0 unspecified atom stereocenters. The second-order valence-corrected chi connectivity index (χ2v) is 5.48. The summed E-state index contributed by atoms with van der Waals surface area (Å²) in [5, 5.41) is 10.3. The molecule has 5 heteroatoms. The van der Waals surface area contributed by atoms with Crippen LogP contribution in [0.5, 0.6) is 0 Å². The average Bonchev–Trinajstić information content (AvgIpc) is 2.75. The Kier molecular flexibility index (Phi) is 4.49. The van der Waals surface area contributed by atoms with Crippen LogP contribution in [0.25, 0.3) is 0 Å². The molecule has 0 amide bonds. The minimum Gasteiger partial charge on any atom is -0.510 e. The van der Waals surface area contributed by atoms with Gasteiger partial charge < -0.3 is 9.84 Å². The Labute approximate surface area is 122 Å². The Morgan fingerprint density at radius 3 is 2.80 bits per heavy atom. The van der Waals surface area contributed by atoms with E-state index in [4.69, 9.17) is 4.74 Å². The molecule has 106 valence electrons. The molecule has 0 atom stereocenters. The zero-order valence-corrected chi connectivity index (χ0v) is 12.6. The van der Waals surface area contributed by atoms with Crippen LogP contribution in [0, 0.1) is 13.8 Å². The molecule has 0 radical (unpaired) electrons. The van der Waals surface area contributed by atoms with Crippen molar-refractivity contribution < 1.29 is 14.6 Å². The average molecular weight is 291 g/mol. The number of ether oxygens (including phenoxy) is 1. The quantitative estimate of drug-likeness (QED) is 0.866. The topological polar surface area (TPSA) is 58.9 Å². The lowest BCUT2D eigenvalue weighted by molar-refractivity contribution is -0.138. The minimum absolute atomic E-state index is 0.0380. The number of thioether (sulfide) groups is 1. The molecule has 0 fully saturated rings. The predicted molar refractivity (Wildman–Crippen MR) is 81.8 cm³/mol. The Balaban J connectivity index is 2.33. The standard InChI is InChI=1S/C15H17NO3S/c1-4-19-15(18)13-12(17)8-20-14(13)16-11-6-5-9(2)10(3)7-11/h5-7,17H,4,8H2,1-3H3. The molecule has 1 aliphatic heterocycles. The maximum atomic E-state index is 11.8. The molecule has 0 saturated carbocycles. The molecule has 0 saturated heterocycles. The summed E-state index contributed by atoms with van der Waals surface area (Å²) in [4.78, 5) is 16.3. The number of esters is 1. The van der Waals surface area contributed by atoms with Gasteiger partial charge in [0.25, 0.3) is 0 Å². The first-order chi connectivity index (χ1) is 9.52. The highest BCUT2D eigenvalue weighted by Gasteiger charge is 2.29. The number of rotatable bonds is 3. The van der Waals surface area contributed by atoms with Crippen molar-refractivity contribution in [1.29, 1.82) is 0 Å². The molecule has 1 aromatic carbocycles. The van der Waals surface area contributed by atoms with Crippen LogP contribution in [-0.2, 0) is 9.53 Å². The summed E-state index contributed by atoms with van der Waals surface area (Å²) in [6, 6.07) is 5.84. The van der Waals surface area contributed by atoms with Crippen molar-refractivity contribution >= 4 is 28.5 Å². The van der Waals surface area contributed by atoms with Crippen LogP contribution in [0.2, 0.25) is 0 Å². The SMILES string of the molecule is CCOC(=O)C1=C(O)CSC1=Nc1ccc(C)c(C)c1. The van der Waals surface area contributed by atoms with E-state index >= 15 is 0 Å². The van der Waals surface area contributed by atoms with Gasteiger partial charge in [0.2, 0.25) is 0 Å². The number of benzene rings is 1. The normalized spacial score (nSPS) is 16.9. The highest BCUT2D eigenvalue weighted by atomic mass is 32.2. The molecule has 1 aromatic rings. The van der Waals surface area contributed by atoms with E-state index in [0.29, 0.717) is 10.8 Å². The van der Waals surface area contributed by atoms with Crippen molar-refractivity contribution in [2.45, 2.75) is 20.8 Å². The molecular formula is C15H17NO3S. The van der Waals surface area contributed by atoms with Crippen molar-refractivity contribution in [2.24, 2.45) is 4.99 Å². The molecule has 0 bridgehead atoms. The van der Waals surface area contributed by atoms with Gasteiger partial charge in [-0.3, -0.25) is 0 Å². The predicted octanol–water partition coefficient (Wildman–Crippen LogP) is 3.46. The number of nitrogens with zero attached hydrogens (tertiary/aromatic N) is 1. The van der Waals surface area contributed by atoms with Crippen LogP contribution in [0.1, 0.15) is 18.1 Å². The van der Waals surface area contributed by atoms with Crippen LogP contribution in [0.4, 0.5) is 5.69 Å². The van der Waals surface area contributed by atoms with Gasteiger partial charge in [0, 0.05) is 0 Å². The smallest absolute Gasteiger partial charge is 0.344 e. The number of aliphatic hydroxyl groups excluding tert-OH is 1. The van der Waals surface area contributed by atoms with Crippen LogP contribution in [-0.4, -0.2) is 28.5 Å². The van der Waals surface area contributed by atoms with E-state index in [-0.39, 0.29) is 17.9 Å².